The monoisotopic (exact) mass is 388 g/mol. The highest BCUT2D eigenvalue weighted by Crippen LogP contribution is 2.32. The second-order valence-electron chi connectivity index (χ2n) is 6.26. The second kappa shape index (κ2) is 7.97. The van der Waals surface area contributed by atoms with Gasteiger partial charge in [0.2, 0.25) is 18.6 Å². The maximum absolute atomic E-state index is 12.4. The van der Waals surface area contributed by atoms with Crippen molar-refractivity contribution in [1.29, 1.82) is 0 Å². The summed E-state index contributed by atoms with van der Waals surface area (Å²) in [5, 5.41) is 0.470. The van der Waals surface area contributed by atoms with E-state index in [1.165, 1.54) is 23.7 Å². The summed E-state index contributed by atoms with van der Waals surface area (Å²) in [6.07, 6.45) is 1.35. The number of nitrogens with two attached hydrogens (primary N) is 1. The van der Waals surface area contributed by atoms with Crippen molar-refractivity contribution in [3.63, 3.8) is 0 Å². The Morgan fingerprint density at radius 1 is 1.15 bits per heavy atom. The Labute approximate surface area is 160 Å². The molecule has 0 bridgehead atoms. The van der Waals surface area contributed by atoms with Gasteiger partial charge in [0.05, 0.1) is 5.75 Å². The molecule has 0 unspecified atom stereocenters. The predicted octanol–water partition coefficient (Wildman–Crippen LogP) is 0.619. The Morgan fingerprint density at radius 2 is 1.96 bits per heavy atom. The molecular weight excluding hydrogens is 368 g/mol. The van der Waals surface area contributed by atoms with Crippen LogP contribution >= 0.6 is 11.8 Å². The molecule has 9 nitrogen and oxygen atoms in total. The number of piperazine rings is 1. The molecule has 0 spiro atoms. The van der Waals surface area contributed by atoms with Gasteiger partial charge >= 0.3 is 0 Å². The van der Waals surface area contributed by atoms with E-state index in [0.717, 1.165) is 31.1 Å². The molecule has 0 aliphatic carbocycles. The van der Waals surface area contributed by atoms with Crippen molar-refractivity contribution in [2.45, 2.75) is 11.7 Å². The van der Waals surface area contributed by atoms with Gasteiger partial charge < -0.3 is 20.1 Å². The number of hydrogen-bond donors (Lipinski definition) is 1. The van der Waals surface area contributed by atoms with E-state index >= 15 is 0 Å². The largest absolute Gasteiger partial charge is 0.454 e. The summed E-state index contributed by atoms with van der Waals surface area (Å²) in [5.41, 5.74) is 6.71. The lowest BCUT2D eigenvalue weighted by Gasteiger charge is -2.34. The highest BCUT2D eigenvalue weighted by atomic mass is 32.2. The van der Waals surface area contributed by atoms with Crippen LogP contribution in [-0.2, 0) is 11.3 Å². The number of nitrogens with zero attached hydrogens (tertiary/aromatic N) is 5. The van der Waals surface area contributed by atoms with Gasteiger partial charge in [0.25, 0.3) is 0 Å². The number of amides is 1. The van der Waals surface area contributed by atoms with Crippen LogP contribution in [-0.4, -0.2) is 69.4 Å². The summed E-state index contributed by atoms with van der Waals surface area (Å²) in [6, 6.07) is 6.03. The van der Waals surface area contributed by atoms with Gasteiger partial charge in [-0.05, 0) is 17.7 Å². The van der Waals surface area contributed by atoms with Gasteiger partial charge in [0, 0.05) is 32.7 Å². The average molecular weight is 388 g/mol. The summed E-state index contributed by atoms with van der Waals surface area (Å²) >= 11 is 1.28. The number of anilines is 1. The number of benzene rings is 1. The first-order valence-corrected chi connectivity index (χ1v) is 9.62. The maximum atomic E-state index is 12.4. The van der Waals surface area contributed by atoms with Gasteiger partial charge in [-0.3, -0.25) is 9.69 Å². The Kier molecular flexibility index (Phi) is 5.26. The first-order valence-electron chi connectivity index (χ1n) is 8.63. The molecule has 1 saturated heterocycles. The lowest BCUT2D eigenvalue weighted by molar-refractivity contribution is -0.130. The van der Waals surface area contributed by atoms with E-state index in [2.05, 4.69) is 25.9 Å². The van der Waals surface area contributed by atoms with Gasteiger partial charge in [-0.2, -0.15) is 4.98 Å². The SMILES string of the molecule is Nc1ncnc(SCC(=O)N2CCN(Cc3ccc4c(c3)OCO4)CC2)n1. The molecular formula is C17H20N6O3S. The molecule has 27 heavy (non-hydrogen) atoms. The quantitative estimate of drug-likeness (QED) is 0.738. The molecule has 2 N–H and O–H groups in total. The van der Waals surface area contributed by atoms with Gasteiger partial charge in [0.1, 0.15) is 6.33 Å². The highest BCUT2D eigenvalue weighted by molar-refractivity contribution is 7.99. The predicted molar refractivity (Wildman–Crippen MR) is 99.4 cm³/mol. The molecule has 1 amide bonds. The van der Waals surface area contributed by atoms with Crippen LogP contribution in [0, 0.1) is 0 Å². The van der Waals surface area contributed by atoms with E-state index in [1.54, 1.807) is 0 Å². The van der Waals surface area contributed by atoms with E-state index in [9.17, 15) is 4.79 Å². The molecule has 2 aliphatic heterocycles. The minimum absolute atomic E-state index is 0.0849. The van der Waals surface area contributed by atoms with Gasteiger partial charge in [0.15, 0.2) is 16.7 Å². The van der Waals surface area contributed by atoms with Crippen LogP contribution in [0.15, 0.2) is 29.7 Å². The van der Waals surface area contributed by atoms with Crippen LogP contribution < -0.4 is 15.2 Å². The molecule has 10 heteroatoms. The third-order valence-electron chi connectivity index (χ3n) is 4.46. The third kappa shape index (κ3) is 4.40. The van der Waals surface area contributed by atoms with Crippen LogP contribution in [0.2, 0.25) is 0 Å². The normalized spacial score (nSPS) is 16.5. The molecule has 0 radical (unpaired) electrons. The molecule has 1 fully saturated rings. The van der Waals surface area contributed by atoms with Crippen molar-refractivity contribution in [2.75, 3.05) is 44.5 Å². The third-order valence-corrected chi connectivity index (χ3v) is 5.31. The van der Waals surface area contributed by atoms with E-state index in [-0.39, 0.29) is 18.6 Å². The number of carbonyl (C=O) groups excluding carboxylic acids is 1. The highest BCUT2D eigenvalue weighted by Gasteiger charge is 2.22. The zero-order valence-electron chi connectivity index (χ0n) is 14.7. The van der Waals surface area contributed by atoms with Gasteiger partial charge in [-0.1, -0.05) is 17.8 Å². The van der Waals surface area contributed by atoms with E-state index < -0.39 is 0 Å². The first kappa shape index (κ1) is 17.8. The first-order chi connectivity index (χ1) is 13.2. The maximum Gasteiger partial charge on any atom is 0.233 e. The summed E-state index contributed by atoms with van der Waals surface area (Å²) in [6.45, 7) is 4.21. The minimum Gasteiger partial charge on any atom is -0.454 e. The van der Waals surface area contributed by atoms with Crippen molar-refractivity contribution in [2.24, 2.45) is 0 Å². The molecule has 3 heterocycles. The van der Waals surface area contributed by atoms with Crippen LogP contribution in [0.4, 0.5) is 5.95 Å². The molecule has 0 saturated carbocycles. The lowest BCUT2D eigenvalue weighted by atomic mass is 10.1. The lowest BCUT2D eigenvalue weighted by Crippen LogP contribution is -2.48. The van der Waals surface area contributed by atoms with E-state index in [0.29, 0.717) is 24.0 Å². The van der Waals surface area contributed by atoms with Crippen molar-refractivity contribution < 1.29 is 14.3 Å². The number of hydrogen-bond acceptors (Lipinski definition) is 9. The van der Waals surface area contributed by atoms with Crippen molar-refractivity contribution in [3.8, 4) is 11.5 Å². The zero-order valence-corrected chi connectivity index (χ0v) is 15.5. The van der Waals surface area contributed by atoms with Crippen LogP contribution in [0.1, 0.15) is 5.56 Å². The fraction of sp³-hybridized carbons (Fsp3) is 0.412. The fourth-order valence-corrected chi connectivity index (χ4v) is 3.75. The van der Waals surface area contributed by atoms with Crippen molar-refractivity contribution in [3.05, 3.63) is 30.1 Å². The van der Waals surface area contributed by atoms with Crippen LogP contribution in [0.25, 0.3) is 0 Å². The second-order valence-corrected chi connectivity index (χ2v) is 7.20. The van der Waals surface area contributed by atoms with Crippen LogP contribution in [0.5, 0.6) is 11.5 Å². The number of aromatic nitrogens is 3. The molecule has 2 aliphatic rings. The Balaban J connectivity index is 1.24. The standard InChI is InChI=1S/C17H20N6O3S/c18-16-19-10-20-17(21-16)27-9-15(24)23-5-3-22(4-6-23)8-12-1-2-13-14(7-12)26-11-25-13/h1-2,7,10H,3-6,8-9,11H2,(H2,18,19,20,21). The average Bonchev–Trinajstić information content (AvgIpc) is 3.15. The number of ether oxygens (including phenoxy) is 2. The summed E-state index contributed by atoms with van der Waals surface area (Å²) < 4.78 is 10.8. The Bertz CT molecular complexity index is 828. The van der Waals surface area contributed by atoms with Gasteiger partial charge in [-0.15, -0.1) is 0 Å². The number of fused-ring (bicyclic) bond motifs is 1. The number of carbonyl (C=O) groups is 1. The van der Waals surface area contributed by atoms with E-state index in [4.69, 9.17) is 15.2 Å². The minimum atomic E-state index is 0.0849. The van der Waals surface area contributed by atoms with Crippen molar-refractivity contribution in [1.82, 2.24) is 24.8 Å². The van der Waals surface area contributed by atoms with Gasteiger partial charge in [-0.25, -0.2) is 9.97 Å². The number of thioether (sulfide) groups is 1. The molecule has 4 rings (SSSR count). The number of rotatable bonds is 5. The zero-order chi connectivity index (χ0) is 18.6. The molecule has 142 valence electrons. The Morgan fingerprint density at radius 3 is 2.78 bits per heavy atom. The topological polar surface area (TPSA) is 107 Å². The fourth-order valence-electron chi connectivity index (χ4n) is 3.03. The molecule has 0 atom stereocenters. The smallest absolute Gasteiger partial charge is 0.233 e. The van der Waals surface area contributed by atoms with E-state index in [1.807, 2.05) is 17.0 Å². The summed E-state index contributed by atoms with van der Waals surface area (Å²) in [5.74, 6) is 2.15. The molecule has 2 aromatic rings. The Hall–Kier alpha value is -2.59. The molecule has 1 aromatic heterocycles. The van der Waals surface area contributed by atoms with Crippen molar-refractivity contribution >= 4 is 23.6 Å². The van der Waals surface area contributed by atoms with Crippen LogP contribution in [0.3, 0.4) is 0 Å². The summed E-state index contributed by atoms with van der Waals surface area (Å²) in [7, 11) is 0. The summed E-state index contributed by atoms with van der Waals surface area (Å²) in [4.78, 5) is 28.4. The molecule has 1 aromatic carbocycles. The number of nitrogen functional groups attached to an aromatic ring is 1.